The highest BCUT2D eigenvalue weighted by Gasteiger charge is 2.27. The van der Waals surface area contributed by atoms with Crippen molar-refractivity contribution in [2.24, 2.45) is 0 Å². The van der Waals surface area contributed by atoms with Crippen molar-refractivity contribution < 1.29 is 4.79 Å². The van der Waals surface area contributed by atoms with Gasteiger partial charge in [-0.2, -0.15) is 0 Å². The summed E-state index contributed by atoms with van der Waals surface area (Å²) in [6.45, 7) is 1.44. The number of piperidine rings is 1. The van der Waals surface area contributed by atoms with Crippen molar-refractivity contribution >= 4 is 40.4 Å². The van der Waals surface area contributed by atoms with Crippen LogP contribution in [0.25, 0.3) is 0 Å². The fourth-order valence-corrected chi connectivity index (χ4v) is 3.97. The number of likely N-dealkylation sites (tertiary alicyclic amines) is 1. The Balaban J connectivity index is 1.77. The smallest absolute Gasteiger partial charge is 0.256 e. The Labute approximate surface area is 130 Å². The van der Waals surface area contributed by atoms with E-state index in [1.807, 2.05) is 11.1 Å². The van der Waals surface area contributed by atoms with Crippen molar-refractivity contribution in [2.75, 3.05) is 13.1 Å². The summed E-state index contributed by atoms with van der Waals surface area (Å²) in [5.74, 6) is -0.0389. The van der Waals surface area contributed by atoms with Gasteiger partial charge in [0.2, 0.25) is 0 Å². The van der Waals surface area contributed by atoms with Crippen LogP contribution in [0.4, 0.5) is 0 Å². The number of halogens is 2. The van der Waals surface area contributed by atoms with Crippen LogP contribution < -0.4 is 0 Å². The van der Waals surface area contributed by atoms with E-state index in [2.05, 4.69) is 9.55 Å². The molecule has 3 heterocycles. The highest BCUT2D eigenvalue weighted by molar-refractivity contribution is 7.20. The van der Waals surface area contributed by atoms with E-state index in [-0.39, 0.29) is 11.9 Å². The Bertz CT molecular complexity index is 611. The highest BCUT2D eigenvalue weighted by Crippen LogP contribution is 2.33. The second-order valence-electron chi connectivity index (χ2n) is 4.80. The second kappa shape index (κ2) is 5.76. The van der Waals surface area contributed by atoms with E-state index in [1.54, 1.807) is 18.6 Å². The quantitative estimate of drug-likeness (QED) is 0.841. The molecule has 0 N–H and O–H groups in total. The molecule has 0 saturated carbocycles. The van der Waals surface area contributed by atoms with Crippen LogP contribution in [0.5, 0.6) is 0 Å². The lowest BCUT2D eigenvalue weighted by Gasteiger charge is -2.33. The van der Waals surface area contributed by atoms with Gasteiger partial charge in [0.15, 0.2) is 0 Å². The van der Waals surface area contributed by atoms with Crippen molar-refractivity contribution in [1.29, 1.82) is 0 Å². The van der Waals surface area contributed by atoms with Gasteiger partial charge in [0.1, 0.15) is 4.34 Å². The molecule has 1 unspecified atom stereocenters. The molecule has 20 heavy (non-hydrogen) atoms. The molecule has 2 aromatic heterocycles. The van der Waals surface area contributed by atoms with Crippen molar-refractivity contribution in [3.05, 3.63) is 39.0 Å². The Morgan fingerprint density at radius 3 is 2.95 bits per heavy atom. The molecule has 0 spiro atoms. The summed E-state index contributed by atoms with van der Waals surface area (Å²) in [5.41, 5.74) is 0.507. The zero-order valence-electron chi connectivity index (χ0n) is 10.6. The first kappa shape index (κ1) is 13.9. The molecule has 1 aliphatic heterocycles. The topological polar surface area (TPSA) is 38.1 Å². The van der Waals surface area contributed by atoms with Crippen LogP contribution in [-0.2, 0) is 0 Å². The van der Waals surface area contributed by atoms with Gasteiger partial charge in [0.05, 0.1) is 22.3 Å². The number of imidazole rings is 1. The van der Waals surface area contributed by atoms with Crippen LogP contribution >= 0.6 is 34.5 Å². The number of hydrogen-bond donors (Lipinski definition) is 0. The van der Waals surface area contributed by atoms with Crippen LogP contribution in [0.3, 0.4) is 0 Å². The van der Waals surface area contributed by atoms with Gasteiger partial charge in [-0.15, -0.1) is 11.3 Å². The van der Waals surface area contributed by atoms with Gasteiger partial charge in [0, 0.05) is 25.5 Å². The zero-order valence-corrected chi connectivity index (χ0v) is 13.0. The molecule has 3 rings (SSSR count). The lowest BCUT2D eigenvalue weighted by atomic mass is 10.0. The molecule has 4 nitrogen and oxygen atoms in total. The first-order valence-electron chi connectivity index (χ1n) is 6.36. The molecule has 0 bridgehead atoms. The minimum absolute atomic E-state index is 0.0389. The van der Waals surface area contributed by atoms with E-state index >= 15 is 0 Å². The average molecular weight is 330 g/mol. The largest absolute Gasteiger partial charge is 0.336 e. The normalized spacial score (nSPS) is 19.3. The van der Waals surface area contributed by atoms with E-state index in [4.69, 9.17) is 23.2 Å². The molecular formula is C13H13Cl2N3OS. The molecule has 2 aromatic rings. The summed E-state index contributed by atoms with van der Waals surface area (Å²) in [6.07, 6.45) is 7.53. The predicted molar refractivity (Wildman–Crippen MR) is 80.7 cm³/mol. The molecule has 0 radical (unpaired) electrons. The van der Waals surface area contributed by atoms with Crippen molar-refractivity contribution in [1.82, 2.24) is 14.5 Å². The Morgan fingerprint density at radius 1 is 1.45 bits per heavy atom. The second-order valence-corrected chi connectivity index (χ2v) is 7.08. The first-order chi connectivity index (χ1) is 9.65. The standard InChI is InChI=1S/C13H13Cl2N3OS/c14-11-6-10(12(15)20-11)13(19)17-4-1-2-9(7-17)18-5-3-16-8-18/h3,5-6,8-9H,1-2,4,7H2. The lowest BCUT2D eigenvalue weighted by molar-refractivity contribution is 0.0680. The number of carbonyl (C=O) groups excluding carboxylic acids is 1. The van der Waals surface area contributed by atoms with Crippen LogP contribution in [0.1, 0.15) is 29.2 Å². The maximum atomic E-state index is 12.5. The Morgan fingerprint density at radius 2 is 2.30 bits per heavy atom. The third-order valence-corrected chi connectivity index (χ3v) is 5.00. The number of aromatic nitrogens is 2. The molecule has 1 amide bonds. The fourth-order valence-electron chi connectivity index (χ4n) is 2.52. The van der Waals surface area contributed by atoms with Crippen LogP contribution in [0.2, 0.25) is 8.67 Å². The molecule has 0 aromatic carbocycles. The number of carbonyl (C=O) groups is 1. The molecule has 1 fully saturated rings. The third kappa shape index (κ3) is 2.71. The summed E-state index contributed by atoms with van der Waals surface area (Å²) in [7, 11) is 0. The van der Waals surface area contributed by atoms with E-state index < -0.39 is 0 Å². The third-order valence-electron chi connectivity index (χ3n) is 3.52. The molecule has 0 aliphatic carbocycles. The Kier molecular flexibility index (Phi) is 4.01. The van der Waals surface area contributed by atoms with E-state index in [0.29, 0.717) is 20.8 Å². The van der Waals surface area contributed by atoms with Crippen molar-refractivity contribution in [2.45, 2.75) is 18.9 Å². The van der Waals surface area contributed by atoms with Gasteiger partial charge in [-0.3, -0.25) is 4.79 Å². The zero-order chi connectivity index (χ0) is 14.1. The van der Waals surface area contributed by atoms with Crippen LogP contribution in [-0.4, -0.2) is 33.4 Å². The fraction of sp³-hybridized carbons (Fsp3) is 0.385. The predicted octanol–water partition coefficient (Wildman–Crippen LogP) is 3.73. The van der Waals surface area contributed by atoms with E-state index in [0.717, 1.165) is 19.4 Å². The molecule has 106 valence electrons. The molecule has 1 aliphatic rings. The molecule has 1 saturated heterocycles. The number of amides is 1. The lowest BCUT2D eigenvalue weighted by Crippen LogP contribution is -2.40. The summed E-state index contributed by atoms with van der Waals surface area (Å²) < 4.78 is 3.06. The number of nitrogens with zero attached hydrogens (tertiary/aromatic N) is 3. The monoisotopic (exact) mass is 329 g/mol. The Hall–Kier alpha value is -1.04. The summed E-state index contributed by atoms with van der Waals surface area (Å²) >= 11 is 13.2. The number of hydrogen-bond acceptors (Lipinski definition) is 3. The maximum absolute atomic E-state index is 12.5. The van der Waals surface area contributed by atoms with E-state index in [1.165, 1.54) is 11.3 Å². The first-order valence-corrected chi connectivity index (χ1v) is 7.94. The van der Waals surface area contributed by atoms with Crippen molar-refractivity contribution in [3.8, 4) is 0 Å². The molecule has 1 atom stereocenters. The summed E-state index contributed by atoms with van der Waals surface area (Å²) in [4.78, 5) is 18.4. The maximum Gasteiger partial charge on any atom is 0.256 e. The van der Waals surface area contributed by atoms with Gasteiger partial charge in [-0.25, -0.2) is 4.98 Å². The summed E-state index contributed by atoms with van der Waals surface area (Å²) in [6, 6.07) is 1.93. The number of rotatable bonds is 2. The van der Waals surface area contributed by atoms with Gasteiger partial charge >= 0.3 is 0 Å². The summed E-state index contributed by atoms with van der Waals surface area (Å²) in [5, 5.41) is 0. The molecule has 7 heteroatoms. The SMILES string of the molecule is O=C(c1cc(Cl)sc1Cl)N1CCCC(n2ccnc2)C1. The average Bonchev–Trinajstić information content (AvgIpc) is 3.08. The van der Waals surface area contributed by atoms with Crippen LogP contribution in [0, 0.1) is 0 Å². The van der Waals surface area contributed by atoms with Gasteiger partial charge in [-0.1, -0.05) is 23.2 Å². The minimum Gasteiger partial charge on any atom is -0.336 e. The minimum atomic E-state index is -0.0389. The molecular weight excluding hydrogens is 317 g/mol. The van der Waals surface area contributed by atoms with E-state index in [9.17, 15) is 4.79 Å². The highest BCUT2D eigenvalue weighted by atomic mass is 35.5. The van der Waals surface area contributed by atoms with Gasteiger partial charge < -0.3 is 9.47 Å². The van der Waals surface area contributed by atoms with Crippen molar-refractivity contribution in [3.63, 3.8) is 0 Å². The van der Waals surface area contributed by atoms with Gasteiger partial charge in [-0.05, 0) is 18.9 Å². The van der Waals surface area contributed by atoms with Crippen LogP contribution in [0.15, 0.2) is 24.8 Å². The number of thiophene rings is 1. The van der Waals surface area contributed by atoms with Gasteiger partial charge in [0.25, 0.3) is 5.91 Å².